The van der Waals surface area contributed by atoms with E-state index < -0.39 is 17.9 Å². The monoisotopic (exact) mass is 222 g/mol. The summed E-state index contributed by atoms with van der Waals surface area (Å²) in [5, 5.41) is 8.48. The van der Waals surface area contributed by atoms with Crippen LogP contribution in [-0.2, 0) is 4.74 Å². The lowest BCUT2D eigenvalue weighted by molar-refractivity contribution is 0.0302. The van der Waals surface area contributed by atoms with Gasteiger partial charge in [0, 0.05) is 6.20 Å². The minimum absolute atomic E-state index is 0.0522. The Kier molecular flexibility index (Phi) is 4.40. The van der Waals surface area contributed by atoms with Gasteiger partial charge in [0.2, 0.25) is 0 Å². The van der Waals surface area contributed by atoms with E-state index in [1.807, 2.05) is 6.07 Å². The number of nitriles is 1. The lowest BCUT2D eigenvalue weighted by Crippen LogP contribution is -2.17. The van der Waals surface area contributed by atoms with Crippen molar-refractivity contribution in [2.75, 3.05) is 0 Å². The number of nitrogens with zero attached hydrogens (tertiary/aromatic N) is 2. The second-order valence-electron chi connectivity index (χ2n) is 3.19. The molecule has 0 aliphatic rings. The zero-order valence-corrected chi connectivity index (χ0v) is 8.81. The van der Waals surface area contributed by atoms with Gasteiger partial charge < -0.3 is 4.74 Å². The van der Waals surface area contributed by atoms with Crippen LogP contribution in [0.3, 0.4) is 0 Å². The second kappa shape index (κ2) is 5.81. The van der Waals surface area contributed by atoms with Crippen molar-refractivity contribution >= 4 is 5.97 Å². The van der Waals surface area contributed by atoms with Crippen molar-refractivity contribution in [1.82, 2.24) is 4.98 Å². The van der Waals surface area contributed by atoms with Crippen molar-refractivity contribution in [3.05, 3.63) is 29.8 Å². The maximum Gasteiger partial charge on any atom is 0.340 e. The predicted molar refractivity (Wildman–Crippen MR) is 53.9 cm³/mol. The van der Waals surface area contributed by atoms with E-state index in [2.05, 4.69) is 4.98 Å². The molecule has 0 fully saturated rings. The maximum absolute atomic E-state index is 12.8. The van der Waals surface area contributed by atoms with Gasteiger partial charge in [-0.15, -0.1) is 0 Å². The molecule has 1 aromatic rings. The Balaban J connectivity index is 2.68. The zero-order chi connectivity index (χ0) is 12.0. The molecule has 0 amide bonds. The number of rotatable bonds is 4. The van der Waals surface area contributed by atoms with Crippen LogP contribution in [0.25, 0.3) is 0 Å². The summed E-state index contributed by atoms with van der Waals surface area (Å²) in [5.74, 6) is -1.25. The minimum atomic E-state index is -0.658. The van der Waals surface area contributed by atoms with Crippen molar-refractivity contribution in [2.45, 2.75) is 25.9 Å². The summed E-state index contributed by atoms with van der Waals surface area (Å²) in [6.45, 7) is 1.80. The standard InChI is InChI=1S/C11H11FN2O2/c1-2-10(3-4-13)16-11(15)8-5-9(12)7-14-6-8/h5-7,10H,2-3H2,1H3/t10-/m1/s1. The average molecular weight is 222 g/mol. The largest absolute Gasteiger partial charge is 0.458 e. The highest BCUT2D eigenvalue weighted by Crippen LogP contribution is 2.09. The molecule has 0 unspecified atom stereocenters. The Bertz CT molecular complexity index is 415. The molecule has 0 aliphatic carbocycles. The van der Waals surface area contributed by atoms with Gasteiger partial charge in [0.1, 0.15) is 11.9 Å². The fourth-order valence-corrected chi connectivity index (χ4v) is 1.11. The van der Waals surface area contributed by atoms with Crippen LogP contribution in [0, 0.1) is 17.1 Å². The molecule has 0 saturated carbocycles. The summed E-state index contributed by atoms with van der Waals surface area (Å²) in [6.07, 6.45) is 2.45. The number of hydrogen-bond donors (Lipinski definition) is 0. The van der Waals surface area contributed by atoms with Crippen molar-refractivity contribution in [2.24, 2.45) is 0 Å². The fourth-order valence-electron chi connectivity index (χ4n) is 1.11. The lowest BCUT2D eigenvalue weighted by Gasteiger charge is -2.12. The number of halogens is 1. The molecule has 0 spiro atoms. The Morgan fingerprint density at radius 2 is 2.44 bits per heavy atom. The number of aromatic nitrogens is 1. The van der Waals surface area contributed by atoms with Gasteiger partial charge >= 0.3 is 5.97 Å². The number of ether oxygens (including phenoxy) is 1. The van der Waals surface area contributed by atoms with Gasteiger partial charge in [0.05, 0.1) is 24.3 Å². The number of carbonyl (C=O) groups excluding carboxylic acids is 1. The van der Waals surface area contributed by atoms with E-state index in [0.29, 0.717) is 6.42 Å². The number of hydrogen-bond acceptors (Lipinski definition) is 4. The van der Waals surface area contributed by atoms with Crippen LogP contribution in [0.15, 0.2) is 18.5 Å². The molecule has 84 valence electrons. The van der Waals surface area contributed by atoms with Gasteiger partial charge in [-0.25, -0.2) is 9.18 Å². The summed E-state index contributed by atoms with van der Waals surface area (Å²) in [5.41, 5.74) is 0.0522. The lowest BCUT2D eigenvalue weighted by atomic mass is 10.2. The highest BCUT2D eigenvalue weighted by Gasteiger charge is 2.14. The molecule has 1 heterocycles. The third-order valence-corrected chi connectivity index (χ3v) is 1.99. The van der Waals surface area contributed by atoms with E-state index in [1.54, 1.807) is 6.92 Å². The Hall–Kier alpha value is -1.96. The van der Waals surface area contributed by atoms with Crippen LogP contribution < -0.4 is 0 Å². The van der Waals surface area contributed by atoms with E-state index in [4.69, 9.17) is 10.00 Å². The third kappa shape index (κ3) is 3.31. The summed E-state index contributed by atoms with van der Waals surface area (Å²) in [4.78, 5) is 15.0. The minimum Gasteiger partial charge on any atom is -0.458 e. The summed E-state index contributed by atoms with van der Waals surface area (Å²) in [7, 11) is 0. The molecule has 0 radical (unpaired) electrons. The van der Waals surface area contributed by atoms with Gasteiger partial charge in [-0.2, -0.15) is 5.26 Å². The quantitative estimate of drug-likeness (QED) is 0.731. The number of esters is 1. The van der Waals surface area contributed by atoms with Crippen molar-refractivity contribution in [1.29, 1.82) is 5.26 Å². The van der Waals surface area contributed by atoms with Gasteiger partial charge in [0.15, 0.2) is 0 Å². The molecule has 0 aliphatic heterocycles. The van der Waals surface area contributed by atoms with Crippen LogP contribution in [-0.4, -0.2) is 17.1 Å². The molecule has 4 nitrogen and oxygen atoms in total. The molecular weight excluding hydrogens is 211 g/mol. The van der Waals surface area contributed by atoms with Gasteiger partial charge in [-0.1, -0.05) is 6.92 Å². The van der Waals surface area contributed by atoms with Crippen molar-refractivity contribution in [3.63, 3.8) is 0 Å². The normalized spacial score (nSPS) is 11.6. The molecular formula is C11H11FN2O2. The molecule has 1 rings (SSSR count). The van der Waals surface area contributed by atoms with E-state index in [0.717, 1.165) is 12.3 Å². The molecule has 0 aromatic carbocycles. The predicted octanol–water partition coefficient (Wildman–Crippen LogP) is 2.07. The van der Waals surface area contributed by atoms with Crippen LogP contribution in [0.2, 0.25) is 0 Å². The van der Waals surface area contributed by atoms with Crippen LogP contribution in [0.5, 0.6) is 0 Å². The number of pyridine rings is 1. The third-order valence-electron chi connectivity index (χ3n) is 1.99. The highest BCUT2D eigenvalue weighted by molar-refractivity contribution is 5.89. The van der Waals surface area contributed by atoms with Crippen LogP contribution >= 0.6 is 0 Å². The molecule has 1 atom stereocenters. The van der Waals surface area contributed by atoms with Crippen molar-refractivity contribution in [3.8, 4) is 6.07 Å². The molecule has 0 saturated heterocycles. The average Bonchev–Trinajstić information content (AvgIpc) is 2.28. The van der Waals surface area contributed by atoms with Gasteiger partial charge in [0.25, 0.3) is 0 Å². The molecule has 0 N–H and O–H groups in total. The maximum atomic E-state index is 12.8. The first kappa shape index (κ1) is 12.1. The zero-order valence-electron chi connectivity index (χ0n) is 8.81. The first-order valence-electron chi connectivity index (χ1n) is 4.85. The van der Waals surface area contributed by atoms with Crippen LogP contribution in [0.1, 0.15) is 30.1 Å². The summed E-state index contributed by atoms with van der Waals surface area (Å²) >= 11 is 0. The Morgan fingerprint density at radius 3 is 3.00 bits per heavy atom. The van der Waals surface area contributed by atoms with E-state index in [9.17, 15) is 9.18 Å². The topological polar surface area (TPSA) is 63.0 Å². The summed E-state index contributed by atoms with van der Waals surface area (Å²) < 4.78 is 17.8. The van der Waals surface area contributed by atoms with Gasteiger partial charge in [-0.05, 0) is 12.5 Å². The van der Waals surface area contributed by atoms with E-state index in [1.165, 1.54) is 6.20 Å². The Labute approximate surface area is 92.7 Å². The number of carbonyl (C=O) groups is 1. The van der Waals surface area contributed by atoms with E-state index >= 15 is 0 Å². The summed E-state index contributed by atoms with van der Waals surface area (Å²) in [6, 6.07) is 2.97. The van der Waals surface area contributed by atoms with Gasteiger partial charge in [-0.3, -0.25) is 4.98 Å². The first-order chi connectivity index (χ1) is 7.67. The fraction of sp³-hybridized carbons (Fsp3) is 0.364. The highest BCUT2D eigenvalue weighted by atomic mass is 19.1. The smallest absolute Gasteiger partial charge is 0.340 e. The SMILES string of the molecule is CC[C@H](CC#N)OC(=O)c1cncc(F)c1. The molecule has 5 heteroatoms. The molecule has 1 aromatic heterocycles. The van der Waals surface area contributed by atoms with E-state index in [-0.39, 0.29) is 12.0 Å². The molecule has 0 bridgehead atoms. The first-order valence-corrected chi connectivity index (χ1v) is 4.85. The Morgan fingerprint density at radius 1 is 1.69 bits per heavy atom. The second-order valence-corrected chi connectivity index (χ2v) is 3.19. The molecule has 16 heavy (non-hydrogen) atoms. The van der Waals surface area contributed by atoms with Crippen molar-refractivity contribution < 1.29 is 13.9 Å². The van der Waals surface area contributed by atoms with Crippen LogP contribution in [0.4, 0.5) is 4.39 Å².